The van der Waals surface area contributed by atoms with E-state index in [0.717, 1.165) is 36.3 Å². The highest BCUT2D eigenvalue weighted by atomic mass is 15.3. The molecule has 0 radical (unpaired) electrons. The molecular weight excluding hydrogens is 286 g/mol. The molecule has 5 nitrogen and oxygen atoms in total. The zero-order valence-electron chi connectivity index (χ0n) is 13.2. The van der Waals surface area contributed by atoms with E-state index in [9.17, 15) is 0 Å². The van der Waals surface area contributed by atoms with Gasteiger partial charge in [-0.25, -0.2) is 4.98 Å². The first-order valence-corrected chi connectivity index (χ1v) is 8.20. The van der Waals surface area contributed by atoms with Crippen LogP contribution in [0.1, 0.15) is 30.1 Å². The third-order valence-corrected chi connectivity index (χ3v) is 5.46. The van der Waals surface area contributed by atoms with E-state index in [1.54, 1.807) is 0 Å². The maximum Gasteiger partial charge on any atom is 0.203 e. The van der Waals surface area contributed by atoms with Crippen LogP contribution < -0.4 is 4.90 Å². The van der Waals surface area contributed by atoms with E-state index >= 15 is 0 Å². The number of nitrogens with zero attached hydrogens (tertiary/aromatic N) is 5. The van der Waals surface area contributed by atoms with Crippen molar-refractivity contribution >= 4 is 11.5 Å². The summed E-state index contributed by atoms with van der Waals surface area (Å²) < 4.78 is 2.01. The summed E-state index contributed by atoms with van der Waals surface area (Å²) in [6, 6.07) is 10.9. The summed E-state index contributed by atoms with van der Waals surface area (Å²) in [4.78, 5) is 6.90. The molecule has 1 spiro atoms. The van der Waals surface area contributed by atoms with Crippen LogP contribution in [-0.4, -0.2) is 32.7 Å². The van der Waals surface area contributed by atoms with Gasteiger partial charge in [0.05, 0.1) is 0 Å². The molecule has 1 aliphatic heterocycles. The Labute approximate surface area is 135 Å². The minimum Gasteiger partial charge on any atom is -0.352 e. The van der Waals surface area contributed by atoms with Crippen LogP contribution in [0.3, 0.4) is 0 Å². The first kappa shape index (κ1) is 13.0. The van der Waals surface area contributed by atoms with E-state index in [2.05, 4.69) is 50.4 Å². The predicted octanol–water partition coefficient (Wildman–Crippen LogP) is 2.82. The Hall–Kier alpha value is -2.43. The van der Waals surface area contributed by atoms with Crippen LogP contribution in [0.25, 0.3) is 5.65 Å². The third-order valence-electron chi connectivity index (χ3n) is 5.46. The van der Waals surface area contributed by atoms with E-state index < -0.39 is 0 Å². The van der Waals surface area contributed by atoms with Crippen LogP contribution >= 0.6 is 0 Å². The number of benzene rings is 1. The Morgan fingerprint density at radius 3 is 2.65 bits per heavy atom. The summed E-state index contributed by atoms with van der Waals surface area (Å²) >= 11 is 0. The van der Waals surface area contributed by atoms with Crippen molar-refractivity contribution in [2.45, 2.75) is 25.7 Å². The van der Waals surface area contributed by atoms with Gasteiger partial charge in [-0.3, -0.25) is 4.40 Å². The van der Waals surface area contributed by atoms with Crippen LogP contribution in [0.15, 0.2) is 42.7 Å². The van der Waals surface area contributed by atoms with Gasteiger partial charge in [-0.15, -0.1) is 10.2 Å². The summed E-state index contributed by atoms with van der Waals surface area (Å²) in [6.07, 6.45) is 6.36. The Bertz CT molecular complexity index is 856. The van der Waals surface area contributed by atoms with Crippen molar-refractivity contribution in [2.24, 2.45) is 5.41 Å². The highest BCUT2D eigenvalue weighted by Crippen LogP contribution is 2.56. The maximum atomic E-state index is 4.55. The lowest BCUT2D eigenvalue weighted by molar-refractivity contribution is 0.0629. The lowest BCUT2D eigenvalue weighted by Crippen LogP contribution is -2.62. The molecule has 116 valence electrons. The number of hydrogen-bond acceptors (Lipinski definition) is 4. The number of anilines is 1. The Balaban J connectivity index is 1.32. The standard InChI is InChI=1S/C18H19N5/c1-13-20-21-17-16(19-7-8-23(13)17)22-11-18(12-22)9-15(10-18)14-5-3-2-4-6-14/h2-8,15H,9-12H2,1H3. The van der Waals surface area contributed by atoms with Gasteiger partial charge in [0.1, 0.15) is 5.82 Å². The molecule has 1 saturated heterocycles. The van der Waals surface area contributed by atoms with Crippen molar-refractivity contribution in [3.63, 3.8) is 0 Å². The highest BCUT2D eigenvalue weighted by Gasteiger charge is 2.53. The van der Waals surface area contributed by atoms with Crippen molar-refractivity contribution in [3.05, 3.63) is 54.1 Å². The van der Waals surface area contributed by atoms with Gasteiger partial charge in [0.2, 0.25) is 5.65 Å². The molecule has 2 aliphatic rings. The molecule has 0 N–H and O–H groups in total. The Morgan fingerprint density at radius 2 is 1.87 bits per heavy atom. The van der Waals surface area contributed by atoms with Gasteiger partial charge in [-0.05, 0) is 31.2 Å². The first-order valence-electron chi connectivity index (χ1n) is 8.20. The molecule has 3 heterocycles. The fourth-order valence-electron chi connectivity index (χ4n) is 4.27. The molecule has 0 bridgehead atoms. The number of hydrogen-bond donors (Lipinski definition) is 0. The van der Waals surface area contributed by atoms with Crippen molar-refractivity contribution in [2.75, 3.05) is 18.0 Å². The summed E-state index contributed by atoms with van der Waals surface area (Å²) in [5.74, 6) is 2.62. The van der Waals surface area contributed by atoms with E-state index in [1.807, 2.05) is 23.7 Å². The molecule has 5 rings (SSSR count). The molecular formula is C18H19N5. The number of aromatic nitrogens is 4. The topological polar surface area (TPSA) is 46.3 Å². The fourth-order valence-corrected chi connectivity index (χ4v) is 4.27. The molecule has 0 amide bonds. The van der Waals surface area contributed by atoms with Gasteiger partial charge < -0.3 is 4.90 Å². The number of aryl methyl sites for hydroxylation is 1. The molecule has 1 saturated carbocycles. The zero-order valence-corrected chi connectivity index (χ0v) is 13.2. The molecule has 2 fully saturated rings. The van der Waals surface area contributed by atoms with E-state index in [0.29, 0.717) is 5.41 Å². The summed E-state index contributed by atoms with van der Waals surface area (Å²) in [7, 11) is 0. The van der Waals surface area contributed by atoms with Crippen LogP contribution in [-0.2, 0) is 0 Å². The van der Waals surface area contributed by atoms with Crippen LogP contribution in [0, 0.1) is 12.3 Å². The van der Waals surface area contributed by atoms with Gasteiger partial charge >= 0.3 is 0 Å². The van der Waals surface area contributed by atoms with E-state index in [1.165, 1.54) is 18.4 Å². The number of fused-ring (bicyclic) bond motifs is 1. The summed E-state index contributed by atoms with van der Waals surface area (Å²) in [5, 5.41) is 8.45. The monoisotopic (exact) mass is 305 g/mol. The highest BCUT2D eigenvalue weighted by molar-refractivity contribution is 5.65. The first-order chi connectivity index (χ1) is 11.2. The van der Waals surface area contributed by atoms with Gasteiger partial charge in [0.25, 0.3) is 0 Å². The van der Waals surface area contributed by atoms with Gasteiger partial charge in [0.15, 0.2) is 5.82 Å². The number of rotatable bonds is 2. The fraction of sp³-hybridized carbons (Fsp3) is 0.389. The molecule has 1 aliphatic carbocycles. The lowest BCUT2D eigenvalue weighted by atomic mass is 9.56. The summed E-state index contributed by atoms with van der Waals surface area (Å²) in [5.41, 5.74) is 2.85. The minimum atomic E-state index is 0.490. The second-order valence-electron chi connectivity index (χ2n) is 7.06. The molecule has 0 unspecified atom stereocenters. The minimum absolute atomic E-state index is 0.490. The van der Waals surface area contributed by atoms with Crippen molar-refractivity contribution in [1.82, 2.24) is 19.6 Å². The zero-order chi connectivity index (χ0) is 15.4. The normalized spacial score (nSPS) is 19.8. The molecule has 1 aromatic carbocycles. The van der Waals surface area contributed by atoms with Gasteiger partial charge in [-0.2, -0.15) is 0 Å². The maximum absolute atomic E-state index is 4.55. The second kappa shape index (κ2) is 4.54. The lowest BCUT2D eigenvalue weighted by Gasteiger charge is -2.59. The Morgan fingerprint density at radius 1 is 1.09 bits per heavy atom. The predicted molar refractivity (Wildman–Crippen MR) is 88.6 cm³/mol. The van der Waals surface area contributed by atoms with Gasteiger partial charge in [-0.1, -0.05) is 30.3 Å². The smallest absolute Gasteiger partial charge is 0.203 e. The third kappa shape index (κ3) is 1.89. The molecule has 2 aromatic heterocycles. The quantitative estimate of drug-likeness (QED) is 0.730. The Kier molecular flexibility index (Phi) is 2.57. The van der Waals surface area contributed by atoms with Crippen LogP contribution in [0.4, 0.5) is 5.82 Å². The largest absolute Gasteiger partial charge is 0.352 e. The SMILES string of the molecule is Cc1nnc2c(N3CC4(CC(c5ccccc5)C4)C3)nccn12. The van der Waals surface area contributed by atoms with E-state index in [4.69, 9.17) is 0 Å². The molecule has 3 aromatic rings. The van der Waals surface area contributed by atoms with Crippen molar-refractivity contribution in [3.8, 4) is 0 Å². The average molecular weight is 305 g/mol. The van der Waals surface area contributed by atoms with Crippen LogP contribution in [0.2, 0.25) is 0 Å². The second-order valence-corrected chi connectivity index (χ2v) is 7.06. The van der Waals surface area contributed by atoms with Crippen molar-refractivity contribution < 1.29 is 0 Å². The molecule has 0 atom stereocenters. The van der Waals surface area contributed by atoms with E-state index in [-0.39, 0.29) is 0 Å². The van der Waals surface area contributed by atoms with Crippen molar-refractivity contribution in [1.29, 1.82) is 0 Å². The molecule has 23 heavy (non-hydrogen) atoms. The van der Waals surface area contributed by atoms with Gasteiger partial charge in [0, 0.05) is 30.9 Å². The molecule has 5 heteroatoms. The summed E-state index contributed by atoms with van der Waals surface area (Å²) in [6.45, 7) is 4.15. The van der Waals surface area contributed by atoms with Crippen LogP contribution in [0.5, 0.6) is 0 Å². The average Bonchev–Trinajstić information content (AvgIpc) is 2.88.